The molecule has 0 fully saturated rings. The average Bonchev–Trinajstić information content (AvgIpc) is 2.55. The van der Waals surface area contributed by atoms with E-state index in [1.165, 1.54) is 24.3 Å². The van der Waals surface area contributed by atoms with Gasteiger partial charge in [0.15, 0.2) is 0 Å². The third kappa shape index (κ3) is 7.40. The molecule has 2 aromatic rings. The van der Waals surface area contributed by atoms with Gasteiger partial charge in [-0.15, -0.1) is 0 Å². The largest absolute Gasteiger partial charge is 2.00 e. The van der Waals surface area contributed by atoms with Gasteiger partial charge in [0.05, 0.1) is 0 Å². The van der Waals surface area contributed by atoms with Crippen LogP contribution in [0.2, 0.25) is 0 Å². The van der Waals surface area contributed by atoms with Crippen LogP contribution in [0.4, 0.5) is 0 Å². The fourth-order valence-corrected chi connectivity index (χ4v) is 1.41. The van der Waals surface area contributed by atoms with Crippen LogP contribution in [-0.4, -0.2) is 72.4 Å². The predicted octanol–water partition coefficient (Wildman–Crippen LogP) is -1.14. The van der Waals surface area contributed by atoms with E-state index in [-0.39, 0.29) is 60.0 Å². The molecule has 0 atom stereocenters. The number of carbonyl (C=O) groups is 4. The van der Waals surface area contributed by atoms with E-state index in [1.807, 2.05) is 0 Å². The van der Waals surface area contributed by atoms with E-state index in [0.29, 0.717) is 0 Å². The molecule has 0 aliphatic rings. The van der Waals surface area contributed by atoms with E-state index >= 15 is 0 Å². The molecule has 0 amide bonds. The van der Waals surface area contributed by atoms with E-state index in [4.69, 9.17) is 0 Å². The molecule has 0 aromatic heterocycles. The molecule has 2 aromatic carbocycles. The van der Waals surface area contributed by atoms with Crippen LogP contribution in [0.15, 0.2) is 60.7 Å². The van der Waals surface area contributed by atoms with Crippen molar-refractivity contribution in [3.8, 4) is 0 Å². The van der Waals surface area contributed by atoms with E-state index in [2.05, 4.69) is 0 Å². The Morgan fingerprint density at radius 1 is 0.565 bits per heavy atom. The van der Waals surface area contributed by atoms with Crippen molar-refractivity contribution in [3.05, 3.63) is 71.8 Å². The summed E-state index contributed by atoms with van der Waals surface area (Å²) in [4.78, 5) is 41.4. The molecule has 7 heteroatoms. The normalized spacial score (nSPS) is 8.70. The molecule has 0 aliphatic carbocycles. The molecule has 6 nitrogen and oxygen atoms in total. The summed E-state index contributed by atoms with van der Waals surface area (Å²) >= 11 is 0. The number of ketones is 2. The first kappa shape index (κ1) is 21.3. The van der Waals surface area contributed by atoms with Crippen molar-refractivity contribution in [2.24, 2.45) is 0 Å². The van der Waals surface area contributed by atoms with E-state index in [1.54, 1.807) is 36.4 Å². The van der Waals surface area contributed by atoms with Crippen molar-refractivity contribution in [1.29, 1.82) is 0 Å². The number of carboxylic acid groups (broad SMARTS) is 2. The standard InChI is InChI=1S/2C8H6O3.Ba/c2*9-7(8(10)11)6-4-2-1-3-5-6;/h2*1-5H,(H,10,11);/q;;+2/p-2. The Morgan fingerprint density at radius 3 is 1.04 bits per heavy atom. The molecule has 112 valence electrons. The second-order valence-corrected chi connectivity index (χ2v) is 3.97. The molecule has 0 spiro atoms. The third-order valence-electron chi connectivity index (χ3n) is 2.44. The molecule has 0 bridgehead atoms. The fraction of sp³-hybridized carbons (Fsp3) is 0. The van der Waals surface area contributed by atoms with Crippen molar-refractivity contribution in [3.63, 3.8) is 0 Å². The Bertz CT molecular complexity index is 621. The number of carboxylic acids is 2. The first-order valence-corrected chi connectivity index (χ1v) is 6.05. The zero-order chi connectivity index (χ0) is 16.5. The molecule has 23 heavy (non-hydrogen) atoms. The first-order valence-electron chi connectivity index (χ1n) is 6.05. The van der Waals surface area contributed by atoms with Crippen LogP contribution in [0, 0.1) is 0 Å². The molecule has 0 radical (unpaired) electrons. The molecule has 0 heterocycles. The zero-order valence-corrected chi connectivity index (χ0v) is 16.4. The number of aliphatic carboxylic acids is 2. The minimum atomic E-state index is -1.67. The van der Waals surface area contributed by atoms with E-state index < -0.39 is 23.5 Å². The molecule has 2 rings (SSSR count). The summed E-state index contributed by atoms with van der Waals surface area (Å²) in [7, 11) is 0. The molecule has 0 saturated heterocycles. The molecular formula is C16H10BaO6. The van der Waals surface area contributed by atoms with E-state index in [0.717, 1.165) is 0 Å². The average molecular weight is 436 g/mol. The van der Waals surface area contributed by atoms with Crippen LogP contribution in [-0.2, 0) is 9.59 Å². The maximum atomic E-state index is 10.7. The smallest absolute Gasteiger partial charge is 0.541 e. The van der Waals surface area contributed by atoms with Crippen LogP contribution in [0.25, 0.3) is 0 Å². The number of hydrogen-bond acceptors (Lipinski definition) is 6. The van der Waals surface area contributed by atoms with E-state index in [9.17, 15) is 29.4 Å². The summed E-state index contributed by atoms with van der Waals surface area (Å²) in [5.41, 5.74) is 0.292. The van der Waals surface area contributed by atoms with Gasteiger partial charge < -0.3 is 19.8 Å². The number of rotatable bonds is 4. The Balaban J connectivity index is 0.000000403. The number of carbonyl (C=O) groups excluding carboxylic acids is 4. The maximum absolute atomic E-state index is 10.7. The maximum Gasteiger partial charge on any atom is 2.00 e. The summed E-state index contributed by atoms with van der Waals surface area (Å²) in [5.74, 6) is -5.30. The summed E-state index contributed by atoms with van der Waals surface area (Å²) in [6.45, 7) is 0. The number of hydrogen-bond donors (Lipinski definition) is 0. The van der Waals surface area contributed by atoms with Crippen molar-refractivity contribution in [1.82, 2.24) is 0 Å². The van der Waals surface area contributed by atoms with Crippen LogP contribution in [0.1, 0.15) is 20.7 Å². The molecular weight excluding hydrogens is 425 g/mol. The minimum Gasteiger partial charge on any atom is -0.541 e. The quantitative estimate of drug-likeness (QED) is 0.341. The van der Waals surface area contributed by atoms with Crippen molar-refractivity contribution < 1.29 is 29.4 Å². The summed E-state index contributed by atoms with van der Waals surface area (Å²) < 4.78 is 0. The van der Waals surface area contributed by atoms with Crippen molar-refractivity contribution in [2.75, 3.05) is 0 Å². The van der Waals surface area contributed by atoms with Gasteiger partial charge in [-0.2, -0.15) is 0 Å². The van der Waals surface area contributed by atoms with Gasteiger partial charge >= 0.3 is 48.9 Å². The van der Waals surface area contributed by atoms with Gasteiger partial charge in [-0.25, -0.2) is 0 Å². The van der Waals surface area contributed by atoms with Gasteiger partial charge in [-0.1, -0.05) is 60.7 Å². The Hall–Kier alpha value is -1.71. The van der Waals surface area contributed by atoms with Gasteiger partial charge in [-0.05, 0) is 0 Å². The van der Waals surface area contributed by atoms with Crippen LogP contribution in [0.3, 0.4) is 0 Å². The van der Waals surface area contributed by atoms with Gasteiger partial charge in [0.1, 0.15) is 11.9 Å². The van der Waals surface area contributed by atoms with Crippen molar-refractivity contribution >= 4 is 72.4 Å². The topological polar surface area (TPSA) is 114 Å². The molecule has 0 saturated carbocycles. The summed E-state index contributed by atoms with van der Waals surface area (Å²) in [6.07, 6.45) is 0. The molecule has 0 unspecified atom stereocenters. The van der Waals surface area contributed by atoms with Crippen LogP contribution in [0.5, 0.6) is 0 Å². The summed E-state index contributed by atoms with van der Waals surface area (Å²) in [5, 5.41) is 20.1. The minimum absolute atomic E-state index is 0. The second kappa shape index (κ2) is 10.9. The van der Waals surface area contributed by atoms with Crippen molar-refractivity contribution in [2.45, 2.75) is 0 Å². The Morgan fingerprint density at radius 2 is 0.826 bits per heavy atom. The third-order valence-corrected chi connectivity index (χ3v) is 2.44. The first-order chi connectivity index (χ1) is 10.4. The fourth-order valence-electron chi connectivity index (χ4n) is 1.41. The predicted molar refractivity (Wildman–Crippen MR) is 77.3 cm³/mol. The number of Topliss-reactive ketones (excluding diaryl/α,β-unsaturated/α-hetero) is 2. The SMILES string of the molecule is O=C([O-])C(=O)c1ccccc1.O=C([O-])C(=O)c1ccccc1.[Ba+2]. The Labute approximate surface area is 172 Å². The molecule has 0 N–H and O–H groups in total. The Kier molecular flexibility index (Phi) is 10.1. The van der Waals surface area contributed by atoms with Gasteiger partial charge in [0, 0.05) is 11.1 Å². The van der Waals surface area contributed by atoms with Gasteiger partial charge in [0.25, 0.3) is 0 Å². The monoisotopic (exact) mass is 436 g/mol. The number of benzene rings is 2. The zero-order valence-electron chi connectivity index (χ0n) is 11.9. The summed E-state index contributed by atoms with van der Waals surface area (Å²) in [6, 6.07) is 15.5. The second-order valence-electron chi connectivity index (χ2n) is 3.97. The van der Waals surface area contributed by atoms with Crippen LogP contribution < -0.4 is 10.2 Å². The van der Waals surface area contributed by atoms with Gasteiger partial charge in [-0.3, -0.25) is 9.59 Å². The molecule has 0 aliphatic heterocycles. The van der Waals surface area contributed by atoms with Crippen LogP contribution >= 0.6 is 0 Å². The van der Waals surface area contributed by atoms with Gasteiger partial charge in [0.2, 0.25) is 11.6 Å².